The summed E-state index contributed by atoms with van der Waals surface area (Å²) in [7, 11) is -4.15. The Bertz CT molecular complexity index is 399. The summed E-state index contributed by atoms with van der Waals surface area (Å²) in [5.74, 6) is -0.625. The minimum absolute atomic E-state index is 0. The SMILES string of the molecule is CCCCCCCCCCCCOC(=O)OC(C)CS(=O)(=O)O.[Na+]. The Morgan fingerprint density at radius 2 is 1.42 bits per heavy atom. The van der Waals surface area contributed by atoms with Gasteiger partial charge in [0.15, 0.2) is 0 Å². The molecule has 0 spiro atoms. The third-order valence-corrected chi connectivity index (χ3v) is 4.35. The molecular weight excluding hydrogens is 343 g/mol. The Balaban J connectivity index is 0. The molecular formula is C16H32NaO6S+. The Hall–Kier alpha value is 0.180. The van der Waals surface area contributed by atoms with Crippen molar-refractivity contribution in [2.45, 2.75) is 84.2 Å². The molecule has 0 rings (SSSR count). The van der Waals surface area contributed by atoms with Gasteiger partial charge in [0.2, 0.25) is 0 Å². The molecule has 0 bridgehead atoms. The fourth-order valence-corrected chi connectivity index (χ4v) is 2.94. The number of carbonyl (C=O) groups is 1. The summed E-state index contributed by atoms with van der Waals surface area (Å²) < 4.78 is 39.4. The Labute approximate surface area is 169 Å². The molecule has 24 heavy (non-hydrogen) atoms. The predicted molar refractivity (Wildman–Crippen MR) is 90.2 cm³/mol. The molecule has 0 heterocycles. The van der Waals surface area contributed by atoms with Crippen molar-refractivity contribution in [2.24, 2.45) is 0 Å². The minimum Gasteiger partial charge on any atom is -0.434 e. The summed E-state index contributed by atoms with van der Waals surface area (Å²) in [5.41, 5.74) is 0. The Morgan fingerprint density at radius 3 is 1.88 bits per heavy atom. The van der Waals surface area contributed by atoms with Crippen LogP contribution in [0.3, 0.4) is 0 Å². The largest absolute Gasteiger partial charge is 1.00 e. The van der Waals surface area contributed by atoms with E-state index in [0.717, 1.165) is 19.3 Å². The van der Waals surface area contributed by atoms with Gasteiger partial charge in [-0.2, -0.15) is 8.42 Å². The molecule has 6 nitrogen and oxygen atoms in total. The molecule has 8 heteroatoms. The first kappa shape index (κ1) is 26.4. The van der Waals surface area contributed by atoms with Crippen molar-refractivity contribution in [1.29, 1.82) is 0 Å². The van der Waals surface area contributed by atoms with Crippen LogP contribution in [-0.4, -0.2) is 37.6 Å². The number of hydrogen-bond acceptors (Lipinski definition) is 5. The van der Waals surface area contributed by atoms with Crippen LogP contribution >= 0.6 is 0 Å². The van der Waals surface area contributed by atoms with Crippen LogP contribution in [0.5, 0.6) is 0 Å². The van der Waals surface area contributed by atoms with E-state index in [4.69, 9.17) is 14.0 Å². The van der Waals surface area contributed by atoms with E-state index in [-0.39, 0.29) is 36.2 Å². The number of rotatable bonds is 14. The molecule has 0 saturated carbocycles. The van der Waals surface area contributed by atoms with Gasteiger partial charge in [0.1, 0.15) is 11.9 Å². The number of hydrogen-bond donors (Lipinski definition) is 1. The van der Waals surface area contributed by atoms with Crippen molar-refractivity contribution in [3.8, 4) is 0 Å². The van der Waals surface area contributed by atoms with Crippen LogP contribution < -0.4 is 29.6 Å². The zero-order chi connectivity index (χ0) is 17.6. The first-order valence-corrected chi connectivity index (χ1v) is 10.2. The molecule has 1 atom stereocenters. The van der Waals surface area contributed by atoms with Gasteiger partial charge in [-0.1, -0.05) is 64.7 Å². The van der Waals surface area contributed by atoms with Crippen molar-refractivity contribution in [2.75, 3.05) is 12.4 Å². The molecule has 0 aromatic rings. The fraction of sp³-hybridized carbons (Fsp3) is 0.938. The van der Waals surface area contributed by atoms with Crippen molar-refractivity contribution >= 4 is 16.3 Å². The first-order chi connectivity index (χ1) is 10.8. The van der Waals surface area contributed by atoms with Crippen molar-refractivity contribution < 1.29 is 56.8 Å². The second-order valence-electron chi connectivity index (χ2n) is 5.96. The summed E-state index contributed by atoms with van der Waals surface area (Å²) in [4.78, 5) is 11.3. The Kier molecular flexibility index (Phi) is 18.3. The van der Waals surface area contributed by atoms with E-state index >= 15 is 0 Å². The van der Waals surface area contributed by atoms with E-state index in [1.807, 2.05) is 0 Å². The van der Waals surface area contributed by atoms with E-state index in [1.165, 1.54) is 51.9 Å². The summed E-state index contributed by atoms with van der Waals surface area (Å²) in [6, 6.07) is 0. The number of carbonyl (C=O) groups excluding carboxylic acids is 1. The average molecular weight is 375 g/mol. The van der Waals surface area contributed by atoms with Gasteiger partial charge in [-0.05, 0) is 13.3 Å². The monoisotopic (exact) mass is 375 g/mol. The van der Waals surface area contributed by atoms with Crippen molar-refractivity contribution in [3.63, 3.8) is 0 Å². The van der Waals surface area contributed by atoms with E-state index < -0.39 is 28.1 Å². The van der Waals surface area contributed by atoms with Gasteiger partial charge in [0, 0.05) is 0 Å². The van der Waals surface area contributed by atoms with Crippen LogP contribution in [0.2, 0.25) is 0 Å². The van der Waals surface area contributed by atoms with E-state index in [2.05, 4.69) is 6.92 Å². The first-order valence-electron chi connectivity index (χ1n) is 8.63. The maximum absolute atomic E-state index is 11.3. The molecule has 1 N–H and O–H groups in total. The summed E-state index contributed by atoms with van der Waals surface area (Å²) >= 11 is 0. The van der Waals surface area contributed by atoms with Gasteiger partial charge in [0.25, 0.3) is 10.1 Å². The molecule has 0 saturated heterocycles. The van der Waals surface area contributed by atoms with Gasteiger partial charge >= 0.3 is 35.7 Å². The smallest absolute Gasteiger partial charge is 0.434 e. The summed E-state index contributed by atoms with van der Waals surface area (Å²) in [5, 5.41) is 0. The van der Waals surface area contributed by atoms with E-state index in [1.54, 1.807) is 0 Å². The minimum atomic E-state index is -4.15. The van der Waals surface area contributed by atoms with Crippen LogP contribution in [0.25, 0.3) is 0 Å². The van der Waals surface area contributed by atoms with E-state index in [0.29, 0.717) is 0 Å². The molecule has 0 aromatic carbocycles. The normalized spacial score (nSPS) is 12.3. The van der Waals surface area contributed by atoms with Crippen LogP contribution in [0.15, 0.2) is 0 Å². The van der Waals surface area contributed by atoms with Crippen LogP contribution in [0.4, 0.5) is 4.79 Å². The van der Waals surface area contributed by atoms with Crippen LogP contribution in [0.1, 0.15) is 78.1 Å². The van der Waals surface area contributed by atoms with Gasteiger partial charge < -0.3 is 9.47 Å². The maximum atomic E-state index is 11.3. The van der Waals surface area contributed by atoms with Crippen LogP contribution in [0, 0.1) is 0 Å². The zero-order valence-electron chi connectivity index (χ0n) is 15.5. The quantitative estimate of drug-likeness (QED) is 0.213. The van der Waals surface area contributed by atoms with Crippen LogP contribution in [-0.2, 0) is 19.6 Å². The molecule has 0 aliphatic carbocycles. The molecule has 138 valence electrons. The second-order valence-corrected chi connectivity index (χ2v) is 7.45. The Morgan fingerprint density at radius 1 is 0.958 bits per heavy atom. The van der Waals surface area contributed by atoms with Gasteiger partial charge in [-0.15, -0.1) is 0 Å². The molecule has 1 unspecified atom stereocenters. The summed E-state index contributed by atoms with van der Waals surface area (Å²) in [6.45, 7) is 3.87. The van der Waals surface area contributed by atoms with Crippen molar-refractivity contribution in [3.05, 3.63) is 0 Å². The van der Waals surface area contributed by atoms with Gasteiger partial charge in [0.05, 0.1) is 6.61 Å². The number of ether oxygens (including phenoxy) is 2. The molecule has 0 aliphatic heterocycles. The fourth-order valence-electron chi connectivity index (χ4n) is 2.27. The third kappa shape index (κ3) is 20.2. The average Bonchev–Trinajstić information content (AvgIpc) is 2.42. The molecule has 0 radical (unpaired) electrons. The molecule has 0 amide bonds. The van der Waals surface area contributed by atoms with Gasteiger partial charge in [-0.3, -0.25) is 4.55 Å². The topological polar surface area (TPSA) is 89.9 Å². The standard InChI is InChI=1S/C16H32O6S.Na/c1-3-4-5-6-7-8-9-10-11-12-13-21-16(17)22-15(2)14-23(18,19)20;/h15H,3-14H2,1-2H3,(H,18,19,20);/q;+1. The number of unbranched alkanes of at least 4 members (excludes halogenated alkanes) is 9. The molecule has 0 aliphatic rings. The zero-order valence-corrected chi connectivity index (χ0v) is 18.3. The van der Waals surface area contributed by atoms with Gasteiger partial charge in [-0.25, -0.2) is 4.79 Å². The predicted octanol–water partition coefficient (Wildman–Crippen LogP) is 1.34. The maximum Gasteiger partial charge on any atom is 1.00 e. The molecule has 0 fully saturated rings. The summed E-state index contributed by atoms with van der Waals surface area (Å²) in [6.07, 6.45) is 10.1. The second kappa shape index (κ2) is 16.6. The molecule has 0 aromatic heterocycles. The van der Waals surface area contributed by atoms with E-state index in [9.17, 15) is 13.2 Å². The third-order valence-electron chi connectivity index (χ3n) is 3.46. The van der Waals surface area contributed by atoms with Crippen molar-refractivity contribution in [1.82, 2.24) is 0 Å².